The molecule has 4 aromatic rings. The van der Waals surface area contributed by atoms with Gasteiger partial charge >= 0.3 is 0 Å². The van der Waals surface area contributed by atoms with Crippen LogP contribution < -0.4 is 10.1 Å². The molecule has 3 aromatic heterocycles. The highest BCUT2D eigenvalue weighted by Crippen LogP contribution is 2.34. The molecule has 148 valence electrons. The standard InChI is InChI=1S/C21H21N5O2S/c1-11(13-7-18(27)22-9-13)28-21-20-16(23-10-26(20)3)8-15(25-21)14-5-4-6-17-19(14)24-12(2)29-17/h4-6,8,10-11,13H,7,9H2,1-3H3,(H,22,27)/t11-,13-/m1/s1. The molecule has 0 aliphatic carbocycles. The monoisotopic (exact) mass is 407 g/mol. The molecule has 1 saturated heterocycles. The van der Waals surface area contributed by atoms with Crippen LogP contribution >= 0.6 is 11.3 Å². The summed E-state index contributed by atoms with van der Waals surface area (Å²) in [5.41, 5.74) is 4.37. The summed E-state index contributed by atoms with van der Waals surface area (Å²) in [4.78, 5) is 25.7. The number of nitrogens with zero attached hydrogens (tertiary/aromatic N) is 4. The smallest absolute Gasteiger partial charge is 0.241 e. The molecule has 29 heavy (non-hydrogen) atoms. The van der Waals surface area contributed by atoms with Crippen LogP contribution in [0.5, 0.6) is 5.88 Å². The van der Waals surface area contributed by atoms with Crippen LogP contribution in [0.15, 0.2) is 30.6 Å². The fourth-order valence-corrected chi connectivity index (χ4v) is 4.71. The number of thiazole rings is 1. The van der Waals surface area contributed by atoms with Gasteiger partial charge in [0, 0.05) is 31.5 Å². The molecule has 1 fully saturated rings. The number of hydrogen-bond donors (Lipinski definition) is 1. The normalized spacial score (nSPS) is 17.8. The molecule has 0 saturated carbocycles. The number of carbonyl (C=O) groups is 1. The Hall–Kier alpha value is -3.00. The van der Waals surface area contributed by atoms with Gasteiger partial charge in [0.2, 0.25) is 11.8 Å². The summed E-state index contributed by atoms with van der Waals surface area (Å²) in [6, 6.07) is 8.12. The molecule has 0 unspecified atom stereocenters. The molecular formula is C21H21N5O2S. The zero-order valence-corrected chi connectivity index (χ0v) is 17.3. The maximum Gasteiger partial charge on any atom is 0.241 e. The molecule has 5 rings (SSSR count). The van der Waals surface area contributed by atoms with Gasteiger partial charge in [0.05, 0.1) is 32.8 Å². The van der Waals surface area contributed by atoms with E-state index in [4.69, 9.17) is 14.7 Å². The molecule has 1 aromatic carbocycles. The molecule has 2 atom stereocenters. The lowest BCUT2D eigenvalue weighted by Gasteiger charge is -2.20. The number of rotatable bonds is 4. The fourth-order valence-electron chi connectivity index (χ4n) is 3.86. The van der Waals surface area contributed by atoms with Crippen molar-refractivity contribution < 1.29 is 9.53 Å². The van der Waals surface area contributed by atoms with Crippen molar-refractivity contribution in [1.29, 1.82) is 0 Å². The van der Waals surface area contributed by atoms with Gasteiger partial charge in [-0.1, -0.05) is 12.1 Å². The van der Waals surface area contributed by atoms with Crippen LogP contribution in [0.4, 0.5) is 0 Å². The van der Waals surface area contributed by atoms with Crippen molar-refractivity contribution in [2.45, 2.75) is 26.4 Å². The number of amides is 1. The van der Waals surface area contributed by atoms with Crippen molar-refractivity contribution in [1.82, 2.24) is 24.8 Å². The molecule has 4 heterocycles. The number of aryl methyl sites for hydroxylation is 2. The summed E-state index contributed by atoms with van der Waals surface area (Å²) in [5, 5.41) is 3.90. The molecule has 1 amide bonds. The first-order valence-corrected chi connectivity index (χ1v) is 10.4. The number of imidazole rings is 1. The summed E-state index contributed by atoms with van der Waals surface area (Å²) in [7, 11) is 1.93. The molecule has 0 spiro atoms. The van der Waals surface area contributed by atoms with E-state index in [1.807, 2.05) is 43.7 Å². The van der Waals surface area contributed by atoms with Crippen LogP contribution in [-0.4, -0.2) is 38.1 Å². The van der Waals surface area contributed by atoms with E-state index in [2.05, 4.69) is 16.4 Å². The maximum atomic E-state index is 11.6. The first-order chi connectivity index (χ1) is 14.0. The topological polar surface area (TPSA) is 81.9 Å². The van der Waals surface area contributed by atoms with Crippen molar-refractivity contribution in [3.63, 3.8) is 0 Å². The Kier molecular flexibility index (Phi) is 4.24. The molecule has 7 nitrogen and oxygen atoms in total. The van der Waals surface area contributed by atoms with Gasteiger partial charge in [-0.2, -0.15) is 0 Å². The summed E-state index contributed by atoms with van der Waals surface area (Å²) in [6.45, 7) is 4.63. The van der Waals surface area contributed by atoms with E-state index >= 15 is 0 Å². The van der Waals surface area contributed by atoms with Crippen LogP contribution in [0.3, 0.4) is 0 Å². The van der Waals surface area contributed by atoms with Gasteiger partial charge in [0.25, 0.3) is 0 Å². The molecule has 8 heteroatoms. The van der Waals surface area contributed by atoms with Gasteiger partial charge in [0.15, 0.2) is 0 Å². The van der Waals surface area contributed by atoms with Crippen molar-refractivity contribution in [2.75, 3.05) is 6.54 Å². The van der Waals surface area contributed by atoms with Crippen molar-refractivity contribution >= 4 is 38.5 Å². The minimum Gasteiger partial charge on any atom is -0.473 e. The fraction of sp³-hybridized carbons (Fsp3) is 0.333. The van der Waals surface area contributed by atoms with E-state index in [0.717, 1.165) is 37.5 Å². The first kappa shape index (κ1) is 18.1. The Balaban J connectivity index is 1.61. The summed E-state index contributed by atoms with van der Waals surface area (Å²) < 4.78 is 9.35. The molecule has 1 N–H and O–H groups in total. The van der Waals surface area contributed by atoms with Crippen LogP contribution in [0, 0.1) is 12.8 Å². The third-order valence-corrected chi connectivity index (χ3v) is 6.37. The summed E-state index contributed by atoms with van der Waals surface area (Å²) >= 11 is 1.67. The van der Waals surface area contributed by atoms with Crippen LogP contribution in [0.1, 0.15) is 18.4 Å². The Labute approximate surface area is 171 Å². The molecule has 0 bridgehead atoms. The van der Waals surface area contributed by atoms with E-state index in [1.54, 1.807) is 17.7 Å². The highest BCUT2D eigenvalue weighted by atomic mass is 32.1. The van der Waals surface area contributed by atoms with Crippen molar-refractivity contribution in [3.05, 3.63) is 35.6 Å². The average Bonchev–Trinajstić information content (AvgIpc) is 3.39. The molecule has 1 aliphatic rings. The highest BCUT2D eigenvalue weighted by molar-refractivity contribution is 7.18. The number of ether oxygens (including phenoxy) is 1. The number of fused-ring (bicyclic) bond motifs is 2. The number of nitrogens with one attached hydrogen (secondary N) is 1. The molecule has 0 radical (unpaired) electrons. The number of hydrogen-bond acceptors (Lipinski definition) is 6. The third kappa shape index (κ3) is 3.13. The number of pyridine rings is 1. The van der Waals surface area contributed by atoms with Gasteiger partial charge in [0.1, 0.15) is 11.6 Å². The number of para-hydroxylation sites is 1. The molecular weight excluding hydrogens is 386 g/mol. The van der Waals surface area contributed by atoms with Crippen molar-refractivity contribution in [2.24, 2.45) is 13.0 Å². The van der Waals surface area contributed by atoms with E-state index < -0.39 is 0 Å². The predicted molar refractivity (Wildman–Crippen MR) is 113 cm³/mol. The summed E-state index contributed by atoms with van der Waals surface area (Å²) in [6.07, 6.45) is 2.10. The Morgan fingerprint density at radius 3 is 3.00 bits per heavy atom. The highest BCUT2D eigenvalue weighted by Gasteiger charge is 2.29. The zero-order valence-electron chi connectivity index (χ0n) is 16.5. The molecule has 1 aliphatic heterocycles. The zero-order chi connectivity index (χ0) is 20.1. The van der Waals surface area contributed by atoms with E-state index in [-0.39, 0.29) is 17.9 Å². The van der Waals surface area contributed by atoms with Gasteiger partial charge in [-0.3, -0.25) is 4.79 Å². The van der Waals surface area contributed by atoms with Crippen molar-refractivity contribution in [3.8, 4) is 17.1 Å². The summed E-state index contributed by atoms with van der Waals surface area (Å²) in [5.74, 6) is 0.734. The van der Waals surface area contributed by atoms with Crippen LogP contribution in [0.25, 0.3) is 32.5 Å². The Morgan fingerprint density at radius 1 is 1.34 bits per heavy atom. The number of aromatic nitrogens is 4. The van der Waals surface area contributed by atoms with Gasteiger partial charge in [-0.05, 0) is 26.0 Å². The second kappa shape index (κ2) is 6.81. The lowest BCUT2D eigenvalue weighted by atomic mass is 10.0. The van der Waals surface area contributed by atoms with Gasteiger partial charge in [-0.15, -0.1) is 11.3 Å². The van der Waals surface area contributed by atoms with Crippen LogP contribution in [0.2, 0.25) is 0 Å². The minimum absolute atomic E-state index is 0.0726. The van der Waals surface area contributed by atoms with E-state index in [9.17, 15) is 4.79 Å². The lowest BCUT2D eigenvalue weighted by Crippen LogP contribution is -2.26. The van der Waals surface area contributed by atoms with Gasteiger partial charge in [-0.25, -0.2) is 15.0 Å². The van der Waals surface area contributed by atoms with Gasteiger partial charge < -0.3 is 14.6 Å². The Morgan fingerprint density at radius 2 is 2.21 bits per heavy atom. The quantitative estimate of drug-likeness (QED) is 0.560. The number of carbonyl (C=O) groups excluding carboxylic acids is 1. The largest absolute Gasteiger partial charge is 0.473 e. The number of benzene rings is 1. The van der Waals surface area contributed by atoms with E-state index in [1.165, 1.54) is 0 Å². The SMILES string of the molecule is Cc1nc2c(-c3cc4ncn(C)c4c(O[C@H](C)[C@H]4CNC(=O)C4)n3)cccc2s1. The minimum atomic E-state index is -0.146. The van der Waals surface area contributed by atoms with Crippen LogP contribution in [-0.2, 0) is 11.8 Å². The second-order valence-electron chi connectivity index (χ2n) is 7.51. The lowest BCUT2D eigenvalue weighted by molar-refractivity contribution is -0.119. The second-order valence-corrected chi connectivity index (χ2v) is 8.75. The van der Waals surface area contributed by atoms with E-state index in [0.29, 0.717) is 18.8 Å². The maximum absolute atomic E-state index is 11.6. The third-order valence-electron chi connectivity index (χ3n) is 5.44. The first-order valence-electron chi connectivity index (χ1n) is 9.61. The average molecular weight is 407 g/mol. The predicted octanol–water partition coefficient (Wildman–Crippen LogP) is 3.46. The Bertz CT molecular complexity index is 1240.